The van der Waals surface area contributed by atoms with Crippen LogP contribution in [-0.2, 0) is 0 Å². The summed E-state index contributed by atoms with van der Waals surface area (Å²) < 4.78 is 3.46. The standard InChI is InChI=1S/C30H20BrN/c31-25-16-13-21(14-17-25)22-7-6-8-23(19-22)24-15-18-28-27-11-4-5-12-29(27)32(30(28)20-24)26-9-2-1-3-10-26/h1-20H. The van der Waals surface area contributed by atoms with Crippen LogP contribution in [0.1, 0.15) is 0 Å². The molecule has 0 aliphatic carbocycles. The summed E-state index contributed by atoms with van der Waals surface area (Å²) in [6.45, 7) is 0. The number of para-hydroxylation sites is 2. The minimum absolute atomic E-state index is 1.09. The molecule has 6 aromatic rings. The van der Waals surface area contributed by atoms with Gasteiger partial charge in [-0.15, -0.1) is 0 Å². The van der Waals surface area contributed by atoms with E-state index in [-0.39, 0.29) is 0 Å². The number of hydrogen-bond donors (Lipinski definition) is 0. The van der Waals surface area contributed by atoms with Gasteiger partial charge < -0.3 is 4.57 Å². The van der Waals surface area contributed by atoms with Crippen LogP contribution >= 0.6 is 15.9 Å². The molecular formula is C30H20BrN. The van der Waals surface area contributed by atoms with E-state index in [1.165, 1.54) is 49.7 Å². The fourth-order valence-corrected chi connectivity index (χ4v) is 4.79. The number of nitrogens with zero attached hydrogens (tertiary/aromatic N) is 1. The van der Waals surface area contributed by atoms with Crippen molar-refractivity contribution in [2.45, 2.75) is 0 Å². The third kappa shape index (κ3) is 3.24. The quantitative estimate of drug-likeness (QED) is 0.241. The molecule has 0 spiro atoms. The Morgan fingerprint density at radius 1 is 0.438 bits per heavy atom. The third-order valence-electron chi connectivity index (χ3n) is 6.06. The number of benzene rings is 5. The highest BCUT2D eigenvalue weighted by Crippen LogP contribution is 2.35. The van der Waals surface area contributed by atoms with Crippen molar-refractivity contribution in [2.75, 3.05) is 0 Å². The van der Waals surface area contributed by atoms with E-state index in [1.54, 1.807) is 0 Å². The maximum Gasteiger partial charge on any atom is 0.0547 e. The Bertz CT molecular complexity index is 1560. The molecule has 2 heteroatoms. The third-order valence-corrected chi connectivity index (χ3v) is 6.59. The van der Waals surface area contributed by atoms with E-state index in [0.29, 0.717) is 0 Å². The highest BCUT2D eigenvalue weighted by atomic mass is 79.9. The number of fused-ring (bicyclic) bond motifs is 3. The molecule has 152 valence electrons. The summed E-state index contributed by atoms with van der Waals surface area (Å²) in [5.41, 5.74) is 8.51. The van der Waals surface area contributed by atoms with Gasteiger partial charge in [0.2, 0.25) is 0 Å². The van der Waals surface area contributed by atoms with Crippen LogP contribution < -0.4 is 0 Å². The lowest BCUT2D eigenvalue weighted by molar-refractivity contribution is 1.18. The molecule has 0 atom stereocenters. The van der Waals surface area contributed by atoms with Crippen molar-refractivity contribution in [1.29, 1.82) is 0 Å². The van der Waals surface area contributed by atoms with Crippen molar-refractivity contribution in [3.05, 3.63) is 126 Å². The first-order chi connectivity index (χ1) is 15.8. The van der Waals surface area contributed by atoms with Crippen molar-refractivity contribution in [2.24, 2.45) is 0 Å². The maximum absolute atomic E-state index is 3.53. The monoisotopic (exact) mass is 473 g/mol. The molecule has 1 heterocycles. The van der Waals surface area contributed by atoms with Gasteiger partial charge in [0.15, 0.2) is 0 Å². The zero-order chi connectivity index (χ0) is 21.5. The van der Waals surface area contributed by atoms with Gasteiger partial charge in [0.05, 0.1) is 11.0 Å². The second kappa shape index (κ2) is 7.81. The number of halogens is 1. The molecule has 32 heavy (non-hydrogen) atoms. The summed E-state index contributed by atoms with van der Waals surface area (Å²) in [6.07, 6.45) is 0. The van der Waals surface area contributed by atoms with Gasteiger partial charge in [-0.25, -0.2) is 0 Å². The van der Waals surface area contributed by atoms with E-state index in [1.807, 2.05) is 0 Å². The Morgan fingerprint density at radius 2 is 1.06 bits per heavy atom. The van der Waals surface area contributed by atoms with Crippen LogP contribution in [0.25, 0.3) is 49.7 Å². The normalized spacial score (nSPS) is 11.3. The van der Waals surface area contributed by atoms with Gasteiger partial charge in [-0.1, -0.05) is 94.8 Å². The number of aromatic nitrogens is 1. The summed E-state index contributed by atoms with van der Waals surface area (Å²) in [5.74, 6) is 0. The highest BCUT2D eigenvalue weighted by molar-refractivity contribution is 9.10. The Labute approximate surface area is 195 Å². The Hall–Kier alpha value is -3.62. The minimum Gasteiger partial charge on any atom is -0.309 e. The largest absolute Gasteiger partial charge is 0.309 e. The van der Waals surface area contributed by atoms with E-state index in [4.69, 9.17) is 0 Å². The SMILES string of the molecule is Brc1ccc(-c2cccc(-c3ccc4c5ccccc5n(-c5ccccc5)c4c3)c2)cc1. The molecule has 0 aliphatic rings. The van der Waals surface area contributed by atoms with E-state index >= 15 is 0 Å². The van der Waals surface area contributed by atoms with Crippen molar-refractivity contribution >= 4 is 37.7 Å². The summed E-state index contributed by atoms with van der Waals surface area (Å²) in [5, 5.41) is 2.55. The molecular weight excluding hydrogens is 454 g/mol. The first-order valence-electron chi connectivity index (χ1n) is 10.7. The van der Waals surface area contributed by atoms with Gasteiger partial charge in [-0.2, -0.15) is 0 Å². The zero-order valence-electron chi connectivity index (χ0n) is 17.4. The molecule has 0 unspecified atom stereocenters. The van der Waals surface area contributed by atoms with Crippen LogP contribution in [0.3, 0.4) is 0 Å². The van der Waals surface area contributed by atoms with Gasteiger partial charge in [0, 0.05) is 20.9 Å². The van der Waals surface area contributed by atoms with Crippen LogP contribution in [0.5, 0.6) is 0 Å². The van der Waals surface area contributed by atoms with Gasteiger partial charge in [0.1, 0.15) is 0 Å². The van der Waals surface area contributed by atoms with E-state index in [2.05, 4.69) is 142 Å². The average Bonchev–Trinajstić information content (AvgIpc) is 3.19. The lowest BCUT2D eigenvalue weighted by Crippen LogP contribution is -1.93. The smallest absolute Gasteiger partial charge is 0.0547 e. The minimum atomic E-state index is 1.09. The summed E-state index contributed by atoms with van der Waals surface area (Å²) >= 11 is 3.53. The van der Waals surface area contributed by atoms with Gasteiger partial charge in [0.25, 0.3) is 0 Å². The van der Waals surface area contributed by atoms with Crippen molar-refractivity contribution < 1.29 is 0 Å². The molecule has 0 saturated heterocycles. The topological polar surface area (TPSA) is 4.93 Å². The number of rotatable bonds is 3. The predicted molar refractivity (Wildman–Crippen MR) is 139 cm³/mol. The van der Waals surface area contributed by atoms with Crippen LogP contribution in [0.4, 0.5) is 0 Å². The fourth-order valence-electron chi connectivity index (χ4n) is 4.53. The summed E-state index contributed by atoms with van der Waals surface area (Å²) in [6, 6.07) is 43.4. The molecule has 6 rings (SSSR count). The molecule has 0 N–H and O–H groups in total. The van der Waals surface area contributed by atoms with Gasteiger partial charge >= 0.3 is 0 Å². The number of hydrogen-bond acceptors (Lipinski definition) is 0. The van der Waals surface area contributed by atoms with Crippen molar-refractivity contribution in [3.8, 4) is 27.9 Å². The molecule has 5 aromatic carbocycles. The Morgan fingerprint density at radius 3 is 1.88 bits per heavy atom. The fraction of sp³-hybridized carbons (Fsp3) is 0. The van der Waals surface area contributed by atoms with Gasteiger partial charge in [-0.05, 0) is 64.7 Å². The van der Waals surface area contributed by atoms with Crippen molar-refractivity contribution in [1.82, 2.24) is 4.57 Å². The molecule has 1 nitrogen and oxygen atoms in total. The van der Waals surface area contributed by atoms with Crippen molar-refractivity contribution in [3.63, 3.8) is 0 Å². The Balaban J connectivity index is 1.56. The molecule has 0 aliphatic heterocycles. The first kappa shape index (κ1) is 19.1. The van der Waals surface area contributed by atoms with Crippen LogP contribution in [0, 0.1) is 0 Å². The summed E-state index contributed by atoms with van der Waals surface area (Å²) in [7, 11) is 0. The van der Waals surface area contributed by atoms with Crippen LogP contribution in [-0.4, -0.2) is 4.57 Å². The molecule has 0 saturated carbocycles. The first-order valence-corrected chi connectivity index (χ1v) is 11.5. The van der Waals surface area contributed by atoms with Crippen LogP contribution in [0.2, 0.25) is 0 Å². The second-order valence-corrected chi connectivity index (χ2v) is 8.92. The highest BCUT2D eigenvalue weighted by Gasteiger charge is 2.13. The van der Waals surface area contributed by atoms with E-state index in [9.17, 15) is 0 Å². The lowest BCUT2D eigenvalue weighted by atomic mass is 9.98. The second-order valence-electron chi connectivity index (χ2n) is 8.01. The van der Waals surface area contributed by atoms with Gasteiger partial charge in [-0.3, -0.25) is 0 Å². The molecule has 0 radical (unpaired) electrons. The molecule has 0 fully saturated rings. The zero-order valence-corrected chi connectivity index (χ0v) is 19.0. The Kier molecular flexibility index (Phi) is 4.66. The average molecular weight is 474 g/mol. The molecule has 1 aromatic heterocycles. The van der Waals surface area contributed by atoms with E-state index < -0.39 is 0 Å². The van der Waals surface area contributed by atoms with E-state index in [0.717, 1.165) is 4.47 Å². The summed E-state index contributed by atoms with van der Waals surface area (Å²) in [4.78, 5) is 0. The molecule has 0 bridgehead atoms. The van der Waals surface area contributed by atoms with Crippen LogP contribution in [0.15, 0.2) is 126 Å². The predicted octanol–water partition coefficient (Wildman–Crippen LogP) is 8.88. The maximum atomic E-state index is 3.53. The lowest BCUT2D eigenvalue weighted by Gasteiger charge is -2.10. The molecule has 0 amide bonds.